The molecule has 0 heterocycles. The van der Waals surface area contributed by atoms with Gasteiger partial charge in [-0.2, -0.15) is 0 Å². The van der Waals surface area contributed by atoms with Crippen molar-refractivity contribution in [3.8, 4) is 5.75 Å². The summed E-state index contributed by atoms with van der Waals surface area (Å²) < 4.78 is 7.43. The van der Waals surface area contributed by atoms with Crippen LogP contribution in [0.25, 0.3) is 0 Å². The smallest absolute Gasteiger partial charge is 0.119 e. The summed E-state index contributed by atoms with van der Waals surface area (Å²) in [6.45, 7) is 1.63. The zero-order valence-corrected chi connectivity index (χ0v) is 13.8. The second kappa shape index (κ2) is 7.08. The Bertz CT molecular complexity index is 558. The fourth-order valence-corrected chi connectivity index (χ4v) is 2.64. The Hall–Kier alpha value is -0.840. The largest absolute Gasteiger partial charge is 0.497 e. The van der Waals surface area contributed by atoms with Crippen molar-refractivity contribution < 1.29 is 4.74 Å². The number of rotatable bonds is 5. The van der Waals surface area contributed by atoms with Gasteiger partial charge in [-0.15, -0.1) is 0 Å². The summed E-state index contributed by atoms with van der Waals surface area (Å²) in [7, 11) is 1.68. The maximum atomic E-state index is 5.24. The van der Waals surface area contributed by atoms with E-state index in [0.717, 1.165) is 27.8 Å². The molecule has 2 aromatic carbocycles. The Morgan fingerprint density at radius 1 is 1.05 bits per heavy atom. The molecule has 1 N–H and O–H groups in total. The molecule has 0 atom stereocenters. The SMILES string of the molecule is COc1ccc(Br)c(CNCc2cccc(Br)c2)c1. The molecule has 0 spiro atoms. The quantitative estimate of drug-likeness (QED) is 0.818. The lowest BCUT2D eigenvalue weighted by molar-refractivity contribution is 0.414. The van der Waals surface area contributed by atoms with Crippen LogP contribution in [0, 0.1) is 0 Å². The second-order valence-corrected chi connectivity index (χ2v) is 5.96. The van der Waals surface area contributed by atoms with Crippen molar-refractivity contribution >= 4 is 31.9 Å². The Morgan fingerprint density at radius 3 is 2.63 bits per heavy atom. The number of benzene rings is 2. The van der Waals surface area contributed by atoms with Crippen LogP contribution in [0.4, 0.5) is 0 Å². The summed E-state index contributed by atoms with van der Waals surface area (Å²) >= 11 is 7.03. The van der Waals surface area contributed by atoms with Gasteiger partial charge in [-0.25, -0.2) is 0 Å². The Morgan fingerprint density at radius 2 is 1.89 bits per heavy atom. The van der Waals surface area contributed by atoms with Crippen LogP contribution < -0.4 is 10.1 Å². The highest BCUT2D eigenvalue weighted by molar-refractivity contribution is 9.10. The molecule has 0 saturated carbocycles. The predicted molar refractivity (Wildman–Crippen MR) is 85.4 cm³/mol. The van der Waals surface area contributed by atoms with Gasteiger partial charge < -0.3 is 10.1 Å². The molecule has 0 aromatic heterocycles. The highest BCUT2D eigenvalue weighted by Crippen LogP contribution is 2.22. The summed E-state index contributed by atoms with van der Waals surface area (Å²) in [5.41, 5.74) is 2.45. The molecular weight excluding hydrogens is 370 g/mol. The molecule has 0 amide bonds. The Labute approximate surface area is 130 Å². The topological polar surface area (TPSA) is 21.3 Å². The van der Waals surface area contributed by atoms with Crippen molar-refractivity contribution in [1.29, 1.82) is 0 Å². The predicted octanol–water partition coefficient (Wildman–Crippen LogP) is 4.51. The van der Waals surface area contributed by atoms with Gasteiger partial charge in [0.15, 0.2) is 0 Å². The number of methoxy groups -OCH3 is 1. The van der Waals surface area contributed by atoms with Crippen LogP contribution in [0.1, 0.15) is 11.1 Å². The molecule has 0 aliphatic rings. The Balaban J connectivity index is 1.95. The van der Waals surface area contributed by atoms with Crippen molar-refractivity contribution in [1.82, 2.24) is 5.32 Å². The van der Waals surface area contributed by atoms with E-state index in [9.17, 15) is 0 Å². The van der Waals surface area contributed by atoms with E-state index in [1.165, 1.54) is 11.1 Å². The van der Waals surface area contributed by atoms with Gasteiger partial charge in [0.2, 0.25) is 0 Å². The minimum atomic E-state index is 0.796. The minimum Gasteiger partial charge on any atom is -0.497 e. The van der Waals surface area contributed by atoms with Crippen LogP contribution in [-0.2, 0) is 13.1 Å². The third-order valence-electron chi connectivity index (χ3n) is 2.79. The first-order valence-corrected chi connectivity index (χ1v) is 7.55. The zero-order valence-electron chi connectivity index (χ0n) is 10.6. The normalized spacial score (nSPS) is 10.5. The number of ether oxygens (including phenoxy) is 1. The van der Waals surface area contributed by atoms with E-state index in [4.69, 9.17) is 4.74 Å². The average molecular weight is 385 g/mol. The van der Waals surface area contributed by atoms with Crippen LogP contribution in [0.2, 0.25) is 0 Å². The Kier molecular flexibility index (Phi) is 5.43. The van der Waals surface area contributed by atoms with Crippen molar-refractivity contribution in [2.45, 2.75) is 13.1 Å². The van der Waals surface area contributed by atoms with Gasteiger partial charge in [0.05, 0.1) is 7.11 Å². The van der Waals surface area contributed by atoms with E-state index in [1.807, 2.05) is 30.3 Å². The van der Waals surface area contributed by atoms with E-state index >= 15 is 0 Å². The van der Waals surface area contributed by atoms with Crippen LogP contribution in [0.3, 0.4) is 0 Å². The molecule has 0 unspecified atom stereocenters. The maximum absolute atomic E-state index is 5.24. The number of halogens is 2. The number of hydrogen-bond donors (Lipinski definition) is 1. The average Bonchev–Trinajstić information content (AvgIpc) is 2.41. The molecule has 4 heteroatoms. The third kappa shape index (κ3) is 4.34. The van der Waals surface area contributed by atoms with Gasteiger partial charge in [-0.05, 0) is 41.5 Å². The summed E-state index contributed by atoms with van der Waals surface area (Å²) in [6, 6.07) is 14.3. The summed E-state index contributed by atoms with van der Waals surface area (Å²) in [4.78, 5) is 0. The van der Waals surface area contributed by atoms with Crippen molar-refractivity contribution in [2.75, 3.05) is 7.11 Å². The van der Waals surface area contributed by atoms with Gasteiger partial charge in [0, 0.05) is 22.0 Å². The second-order valence-electron chi connectivity index (χ2n) is 4.19. The monoisotopic (exact) mass is 383 g/mol. The molecule has 2 nitrogen and oxygen atoms in total. The van der Waals surface area contributed by atoms with Crippen molar-refractivity contribution in [3.63, 3.8) is 0 Å². The lowest BCUT2D eigenvalue weighted by Gasteiger charge is -2.09. The lowest BCUT2D eigenvalue weighted by atomic mass is 10.2. The molecular formula is C15H15Br2NO. The van der Waals surface area contributed by atoms with Crippen molar-refractivity contribution in [2.24, 2.45) is 0 Å². The van der Waals surface area contributed by atoms with E-state index in [1.54, 1.807) is 7.11 Å². The highest BCUT2D eigenvalue weighted by Gasteiger charge is 2.02. The molecule has 100 valence electrons. The van der Waals surface area contributed by atoms with Gasteiger partial charge in [0.1, 0.15) is 5.75 Å². The first kappa shape index (κ1) is 14.6. The van der Waals surface area contributed by atoms with E-state index in [-0.39, 0.29) is 0 Å². The van der Waals surface area contributed by atoms with Crippen LogP contribution >= 0.6 is 31.9 Å². The number of hydrogen-bond acceptors (Lipinski definition) is 2. The van der Waals surface area contributed by atoms with E-state index < -0.39 is 0 Å². The highest BCUT2D eigenvalue weighted by atomic mass is 79.9. The summed E-state index contributed by atoms with van der Waals surface area (Å²) in [6.07, 6.45) is 0. The van der Waals surface area contributed by atoms with Gasteiger partial charge in [-0.3, -0.25) is 0 Å². The van der Waals surface area contributed by atoms with Crippen LogP contribution in [-0.4, -0.2) is 7.11 Å². The molecule has 0 fully saturated rings. The fraction of sp³-hybridized carbons (Fsp3) is 0.200. The molecule has 2 rings (SSSR count). The summed E-state index contributed by atoms with van der Waals surface area (Å²) in [5.74, 6) is 0.877. The van der Waals surface area contributed by atoms with Gasteiger partial charge >= 0.3 is 0 Å². The fourth-order valence-electron chi connectivity index (χ4n) is 1.80. The maximum Gasteiger partial charge on any atom is 0.119 e. The van der Waals surface area contributed by atoms with Crippen molar-refractivity contribution in [3.05, 3.63) is 62.5 Å². The first-order valence-electron chi connectivity index (χ1n) is 5.96. The molecule has 19 heavy (non-hydrogen) atoms. The van der Waals surface area contributed by atoms with Gasteiger partial charge in [-0.1, -0.05) is 44.0 Å². The van der Waals surface area contributed by atoms with E-state index in [0.29, 0.717) is 0 Å². The summed E-state index contributed by atoms with van der Waals surface area (Å²) in [5, 5.41) is 3.43. The van der Waals surface area contributed by atoms with Gasteiger partial charge in [0.25, 0.3) is 0 Å². The van der Waals surface area contributed by atoms with E-state index in [2.05, 4.69) is 49.3 Å². The molecule has 0 aliphatic heterocycles. The standard InChI is InChI=1S/C15H15Br2NO/c1-19-14-5-6-15(17)12(8-14)10-18-9-11-3-2-4-13(16)7-11/h2-8,18H,9-10H2,1H3. The van der Waals surface area contributed by atoms with Crippen LogP contribution in [0.5, 0.6) is 5.75 Å². The lowest BCUT2D eigenvalue weighted by Crippen LogP contribution is -2.13. The number of nitrogens with one attached hydrogen (secondary N) is 1. The third-order valence-corrected chi connectivity index (χ3v) is 4.05. The van der Waals surface area contributed by atoms with Crippen LogP contribution in [0.15, 0.2) is 51.4 Å². The molecule has 0 radical (unpaired) electrons. The molecule has 0 saturated heterocycles. The molecule has 0 aliphatic carbocycles. The minimum absolute atomic E-state index is 0.796. The molecule has 0 bridgehead atoms. The first-order chi connectivity index (χ1) is 9.19. The zero-order chi connectivity index (χ0) is 13.7. The molecule has 2 aromatic rings.